The largest absolute Gasteiger partial charge is 0.436 e. The van der Waals surface area contributed by atoms with Crippen molar-refractivity contribution in [1.82, 2.24) is 10.2 Å². The van der Waals surface area contributed by atoms with Gasteiger partial charge >= 0.3 is 6.09 Å². The van der Waals surface area contributed by atoms with E-state index >= 15 is 0 Å². The van der Waals surface area contributed by atoms with Crippen molar-refractivity contribution in [2.75, 3.05) is 13.1 Å². The third kappa shape index (κ3) is 4.77. The summed E-state index contributed by atoms with van der Waals surface area (Å²) in [6, 6.07) is 0.298. The summed E-state index contributed by atoms with van der Waals surface area (Å²) in [7, 11) is 0. The molecule has 212 valence electrons. The molecule has 1 heterocycles. The Morgan fingerprint density at radius 1 is 1.11 bits per heavy atom. The van der Waals surface area contributed by atoms with Crippen LogP contribution in [0.1, 0.15) is 106 Å². The Kier molecular flexibility index (Phi) is 7.37. The normalized spacial score (nSPS) is 41.2. The molecule has 6 nitrogen and oxygen atoms in total. The zero-order valence-electron chi connectivity index (χ0n) is 24.9. The molecule has 0 aromatic carbocycles. The highest BCUT2D eigenvalue weighted by Gasteiger charge is 2.59. The van der Waals surface area contributed by atoms with E-state index in [4.69, 9.17) is 4.84 Å². The van der Waals surface area contributed by atoms with Crippen LogP contribution in [-0.4, -0.2) is 47.2 Å². The molecule has 0 aromatic heterocycles. The van der Waals surface area contributed by atoms with Gasteiger partial charge in [0.15, 0.2) is 5.78 Å². The van der Waals surface area contributed by atoms with E-state index in [0.29, 0.717) is 48.5 Å². The van der Waals surface area contributed by atoms with Crippen LogP contribution in [0, 0.1) is 40.4 Å². The maximum atomic E-state index is 13.3. The summed E-state index contributed by atoms with van der Waals surface area (Å²) < 4.78 is 0. The van der Waals surface area contributed by atoms with Gasteiger partial charge in [-0.3, -0.25) is 14.5 Å². The van der Waals surface area contributed by atoms with E-state index in [0.717, 1.165) is 43.9 Å². The number of oxime groups is 1. The maximum absolute atomic E-state index is 13.3. The molecule has 8 atom stereocenters. The van der Waals surface area contributed by atoms with Crippen molar-refractivity contribution < 1.29 is 14.4 Å². The zero-order valence-corrected chi connectivity index (χ0v) is 24.9. The molecule has 0 bridgehead atoms. The smallest absolute Gasteiger partial charge is 0.312 e. The topological polar surface area (TPSA) is 71.0 Å². The second-order valence-corrected chi connectivity index (χ2v) is 14.8. The van der Waals surface area contributed by atoms with Crippen LogP contribution in [0.3, 0.4) is 0 Å². The van der Waals surface area contributed by atoms with Crippen molar-refractivity contribution in [3.8, 4) is 0 Å². The van der Waals surface area contributed by atoms with Crippen LogP contribution >= 0.6 is 0 Å². The lowest BCUT2D eigenvalue weighted by Gasteiger charge is -2.58. The number of nitrogens with one attached hydrogen (secondary N) is 1. The Morgan fingerprint density at radius 2 is 1.87 bits per heavy atom. The summed E-state index contributed by atoms with van der Waals surface area (Å²) in [6.45, 7) is 17.1. The van der Waals surface area contributed by atoms with Crippen LogP contribution in [0.5, 0.6) is 0 Å². The second kappa shape index (κ2) is 10.1. The minimum Gasteiger partial charge on any atom is -0.312 e. The molecule has 38 heavy (non-hydrogen) atoms. The molecule has 1 saturated heterocycles. The number of rotatable bonds is 4. The minimum absolute atomic E-state index is 0.204. The molecule has 1 amide bonds. The predicted octanol–water partition coefficient (Wildman–Crippen LogP) is 6.75. The fourth-order valence-electron chi connectivity index (χ4n) is 9.43. The summed E-state index contributed by atoms with van der Waals surface area (Å²) in [5.74, 6) is 3.34. The van der Waals surface area contributed by atoms with Gasteiger partial charge in [-0.2, -0.15) is 0 Å². The van der Waals surface area contributed by atoms with Crippen molar-refractivity contribution in [3.63, 3.8) is 0 Å². The molecular weight excluding hydrogens is 474 g/mol. The first-order valence-electron chi connectivity index (χ1n) is 15.3. The summed E-state index contributed by atoms with van der Waals surface area (Å²) in [6.07, 6.45) is 11.6. The molecule has 4 aliphatic carbocycles. The maximum Gasteiger partial charge on any atom is 0.436 e. The van der Waals surface area contributed by atoms with E-state index in [-0.39, 0.29) is 22.5 Å². The standard InChI is InChI=1S/C32H51N3O3/c1-20-14-17-33-28(20)19-35(30(3,4)5)29(37)38-34-21(2)25-10-11-26-24-9-8-22-18-23(36)12-15-31(22,6)27(24)13-16-32(25,26)7/h18,20,24-28,33H,8-17,19H2,1-7H3/b34-21+/t20?,24-,25+,26-,27-,28?,31-,32+/m0/s1. The molecule has 0 spiro atoms. The number of nitrogens with zero attached hydrogens (tertiary/aromatic N) is 2. The number of amides is 1. The van der Waals surface area contributed by atoms with Gasteiger partial charge in [0.25, 0.3) is 0 Å². The fourth-order valence-corrected chi connectivity index (χ4v) is 9.43. The van der Waals surface area contributed by atoms with Crippen molar-refractivity contribution >= 4 is 17.6 Å². The molecule has 1 N–H and O–H groups in total. The number of hydrogen-bond acceptors (Lipinski definition) is 5. The first kappa shape index (κ1) is 27.9. The van der Waals surface area contributed by atoms with Crippen molar-refractivity contribution in [2.24, 2.45) is 45.6 Å². The molecule has 6 heteroatoms. The Morgan fingerprint density at radius 3 is 2.55 bits per heavy atom. The van der Waals surface area contributed by atoms with Crippen LogP contribution in [-0.2, 0) is 9.63 Å². The van der Waals surface area contributed by atoms with Crippen LogP contribution in [0.2, 0.25) is 0 Å². The number of ketones is 1. The van der Waals surface area contributed by atoms with E-state index in [1.54, 1.807) is 0 Å². The van der Waals surface area contributed by atoms with Gasteiger partial charge in [0.05, 0.1) is 5.71 Å². The van der Waals surface area contributed by atoms with Gasteiger partial charge in [-0.05, 0) is 126 Å². The molecule has 4 fully saturated rings. The van der Waals surface area contributed by atoms with Crippen molar-refractivity contribution in [1.29, 1.82) is 0 Å². The Hall–Kier alpha value is -1.69. The predicted molar refractivity (Wildman–Crippen MR) is 152 cm³/mol. The lowest BCUT2D eigenvalue weighted by molar-refractivity contribution is -0.117. The van der Waals surface area contributed by atoms with Gasteiger partial charge in [-0.25, -0.2) is 4.79 Å². The third-order valence-corrected chi connectivity index (χ3v) is 11.8. The number of hydrogen-bond donors (Lipinski definition) is 1. The molecule has 5 aliphatic rings. The summed E-state index contributed by atoms with van der Waals surface area (Å²) in [5, 5.41) is 8.07. The van der Waals surface area contributed by atoms with Gasteiger partial charge < -0.3 is 5.32 Å². The van der Waals surface area contributed by atoms with Crippen LogP contribution in [0.15, 0.2) is 16.8 Å². The zero-order chi connectivity index (χ0) is 27.5. The first-order valence-corrected chi connectivity index (χ1v) is 15.3. The molecule has 3 saturated carbocycles. The molecule has 5 rings (SSSR count). The number of carbonyl (C=O) groups excluding carboxylic acids is 2. The molecule has 0 radical (unpaired) electrons. The van der Waals surface area contributed by atoms with Gasteiger partial charge in [-0.1, -0.05) is 31.5 Å². The average Bonchev–Trinajstić information content (AvgIpc) is 3.42. The number of fused-ring (bicyclic) bond motifs is 5. The van der Waals surface area contributed by atoms with Gasteiger partial charge in [0, 0.05) is 30.5 Å². The first-order chi connectivity index (χ1) is 17.8. The van der Waals surface area contributed by atoms with Crippen LogP contribution in [0.25, 0.3) is 0 Å². The number of allylic oxidation sites excluding steroid dienone is 1. The lowest BCUT2D eigenvalue weighted by Crippen LogP contribution is -2.52. The highest BCUT2D eigenvalue weighted by molar-refractivity contribution is 5.91. The summed E-state index contributed by atoms with van der Waals surface area (Å²) >= 11 is 0. The highest BCUT2D eigenvalue weighted by Crippen LogP contribution is 2.66. The van der Waals surface area contributed by atoms with Gasteiger partial charge in [0.2, 0.25) is 0 Å². The van der Waals surface area contributed by atoms with E-state index in [9.17, 15) is 9.59 Å². The van der Waals surface area contributed by atoms with Gasteiger partial charge in [-0.15, -0.1) is 0 Å². The van der Waals surface area contributed by atoms with Crippen LogP contribution in [0.4, 0.5) is 4.79 Å². The van der Waals surface area contributed by atoms with E-state index in [1.165, 1.54) is 31.3 Å². The lowest BCUT2D eigenvalue weighted by atomic mass is 9.46. The molecule has 2 unspecified atom stereocenters. The fraction of sp³-hybridized carbons (Fsp3) is 0.844. The quantitative estimate of drug-likeness (QED) is 0.250. The molecule has 0 aromatic rings. The molecular formula is C32H51N3O3. The van der Waals surface area contributed by atoms with E-state index in [1.807, 2.05) is 11.0 Å². The monoisotopic (exact) mass is 525 g/mol. The van der Waals surface area contributed by atoms with Crippen LogP contribution < -0.4 is 5.32 Å². The Labute approximate surface area is 230 Å². The molecule has 1 aliphatic heterocycles. The Balaban J connectivity index is 1.28. The Bertz CT molecular complexity index is 1010. The highest BCUT2D eigenvalue weighted by atomic mass is 16.7. The summed E-state index contributed by atoms with van der Waals surface area (Å²) in [4.78, 5) is 33.0. The number of carbonyl (C=O) groups is 2. The van der Waals surface area contributed by atoms with Crippen molar-refractivity contribution in [2.45, 2.75) is 118 Å². The minimum atomic E-state index is -0.340. The van der Waals surface area contributed by atoms with Crippen molar-refractivity contribution in [3.05, 3.63) is 11.6 Å². The SMILES string of the molecule is C/C(=N\OC(=O)N(CC1NCCC1C)C(C)(C)C)[C@H]1CC[C@H]2[C@@H]3CCC4=CC(=O)CC[C@]4(C)[C@H]3CC[C@]12C. The van der Waals surface area contributed by atoms with Gasteiger partial charge in [0.1, 0.15) is 0 Å². The van der Waals surface area contributed by atoms with E-state index in [2.05, 4.69) is 58.9 Å². The second-order valence-electron chi connectivity index (χ2n) is 14.8. The van der Waals surface area contributed by atoms with E-state index < -0.39 is 0 Å². The third-order valence-electron chi connectivity index (χ3n) is 11.8. The average molecular weight is 526 g/mol. The summed E-state index contributed by atoms with van der Waals surface area (Å²) in [5.41, 5.74) is 2.49.